The molecule has 0 aliphatic rings. The first-order valence-corrected chi connectivity index (χ1v) is 5.70. The molecule has 0 unspecified atom stereocenters. The van der Waals surface area contributed by atoms with E-state index in [4.69, 9.17) is 5.11 Å². The summed E-state index contributed by atoms with van der Waals surface area (Å²) < 4.78 is 0. The second-order valence-electron chi connectivity index (χ2n) is 5.37. The van der Waals surface area contributed by atoms with Gasteiger partial charge in [-0.15, -0.1) is 0 Å². The molecule has 18 heavy (non-hydrogen) atoms. The highest BCUT2D eigenvalue weighted by Crippen LogP contribution is 2.25. The van der Waals surface area contributed by atoms with E-state index >= 15 is 0 Å². The number of rotatable bonds is 1. The highest BCUT2D eigenvalue weighted by atomic mass is 16.4. The number of fused-ring (bicyclic) bond motifs is 1. The summed E-state index contributed by atoms with van der Waals surface area (Å²) in [4.78, 5) is 25.0. The minimum Gasteiger partial charge on any atom is -0.477 e. The van der Waals surface area contributed by atoms with Gasteiger partial charge in [-0.1, -0.05) is 26.8 Å². The van der Waals surface area contributed by atoms with Gasteiger partial charge in [-0.2, -0.15) is 0 Å². The van der Waals surface area contributed by atoms with Crippen LogP contribution in [0.1, 0.15) is 36.7 Å². The van der Waals surface area contributed by atoms with E-state index in [2.05, 4.69) is 25.8 Å². The van der Waals surface area contributed by atoms with Crippen molar-refractivity contribution in [1.29, 1.82) is 0 Å². The van der Waals surface area contributed by atoms with E-state index in [1.54, 1.807) is 0 Å². The van der Waals surface area contributed by atoms with Gasteiger partial charge in [0.1, 0.15) is 5.56 Å². The van der Waals surface area contributed by atoms with Crippen LogP contribution in [0.15, 0.2) is 29.1 Å². The minimum absolute atomic E-state index is 0.0201. The van der Waals surface area contributed by atoms with Gasteiger partial charge >= 0.3 is 5.97 Å². The van der Waals surface area contributed by atoms with Crippen LogP contribution in [0.25, 0.3) is 10.9 Å². The Bertz CT molecular complexity index is 677. The van der Waals surface area contributed by atoms with Crippen molar-refractivity contribution in [2.75, 3.05) is 0 Å². The summed E-state index contributed by atoms with van der Waals surface area (Å²) >= 11 is 0. The minimum atomic E-state index is -1.21. The van der Waals surface area contributed by atoms with Crippen LogP contribution in [-0.4, -0.2) is 16.1 Å². The molecule has 2 N–H and O–H groups in total. The van der Waals surface area contributed by atoms with Crippen LogP contribution in [0, 0.1) is 0 Å². The predicted molar refractivity (Wildman–Crippen MR) is 70.2 cm³/mol. The standard InChI is InChI=1S/C14H15NO3/c1-14(2,3)9-4-5-11-8(6-9)7-10(13(17)18)12(16)15-11/h4-7H,1-3H3,(H,15,16)(H,17,18). The Morgan fingerprint density at radius 2 is 1.89 bits per heavy atom. The predicted octanol–water partition coefficient (Wildman–Crippen LogP) is 2.52. The molecular formula is C14H15NO3. The van der Waals surface area contributed by atoms with E-state index in [1.165, 1.54) is 6.07 Å². The Kier molecular flexibility index (Phi) is 2.73. The fourth-order valence-electron chi connectivity index (χ4n) is 1.83. The summed E-state index contributed by atoms with van der Waals surface area (Å²) in [6.45, 7) is 6.24. The molecule has 2 aromatic rings. The monoisotopic (exact) mass is 245 g/mol. The van der Waals surface area contributed by atoms with Gasteiger partial charge in [-0.3, -0.25) is 4.79 Å². The Labute approximate surface area is 104 Å². The van der Waals surface area contributed by atoms with Crippen molar-refractivity contribution in [2.24, 2.45) is 0 Å². The van der Waals surface area contributed by atoms with Crippen LogP contribution in [0.3, 0.4) is 0 Å². The molecular weight excluding hydrogens is 230 g/mol. The summed E-state index contributed by atoms with van der Waals surface area (Å²) in [7, 11) is 0. The van der Waals surface area contributed by atoms with Crippen molar-refractivity contribution in [1.82, 2.24) is 4.98 Å². The molecule has 0 fully saturated rings. The highest BCUT2D eigenvalue weighted by molar-refractivity contribution is 5.92. The Morgan fingerprint density at radius 1 is 1.22 bits per heavy atom. The number of aromatic carboxylic acids is 1. The van der Waals surface area contributed by atoms with E-state index in [1.807, 2.05) is 18.2 Å². The third-order valence-electron chi connectivity index (χ3n) is 2.94. The van der Waals surface area contributed by atoms with Gasteiger partial charge in [0.2, 0.25) is 0 Å². The third-order valence-corrected chi connectivity index (χ3v) is 2.94. The summed E-state index contributed by atoms with van der Waals surface area (Å²) in [5.74, 6) is -1.21. The summed E-state index contributed by atoms with van der Waals surface area (Å²) in [6.07, 6.45) is 0. The van der Waals surface area contributed by atoms with Crippen molar-refractivity contribution >= 4 is 16.9 Å². The molecule has 94 valence electrons. The summed E-state index contributed by atoms with van der Waals surface area (Å²) in [5.41, 5.74) is 0.928. The molecule has 0 amide bonds. The number of carboxylic acids is 1. The molecule has 0 saturated carbocycles. The smallest absolute Gasteiger partial charge is 0.341 e. The number of aromatic nitrogens is 1. The van der Waals surface area contributed by atoms with Crippen LogP contribution in [0.2, 0.25) is 0 Å². The van der Waals surface area contributed by atoms with E-state index < -0.39 is 11.5 Å². The normalized spacial score (nSPS) is 11.7. The van der Waals surface area contributed by atoms with Gasteiger partial charge in [-0.25, -0.2) is 4.79 Å². The van der Waals surface area contributed by atoms with Crippen LogP contribution in [-0.2, 0) is 5.41 Å². The molecule has 1 heterocycles. The van der Waals surface area contributed by atoms with Gasteiger partial charge in [0.25, 0.3) is 5.56 Å². The maximum Gasteiger partial charge on any atom is 0.341 e. The van der Waals surface area contributed by atoms with Crippen molar-refractivity contribution in [3.63, 3.8) is 0 Å². The van der Waals surface area contributed by atoms with Gasteiger partial charge in [-0.05, 0) is 34.6 Å². The lowest BCUT2D eigenvalue weighted by Gasteiger charge is -2.19. The number of benzene rings is 1. The van der Waals surface area contributed by atoms with E-state index in [0.29, 0.717) is 5.52 Å². The lowest BCUT2D eigenvalue weighted by Crippen LogP contribution is -2.17. The lowest BCUT2D eigenvalue weighted by molar-refractivity contribution is 0.0695. The van der Waals surface area contributed by atoms with Crippen LogP contribution in [0.4, 0.5) is 0 Å². The molecule has 0 atom stereocenters. The Balaban J connectivity index is 2.73. The molecule has 4 nitrogen and oxygen atoms in total. The largest absolute Gasteiger partial charge is 0.477 e. The fourth-order valence-corrected chi connectivity index (χ4v) is 1.83. The molecule has 0 saturated heterocycles. The molecule has 1 aromatic heterocycles. The number of carboxylic acid groups (broad SMARTS) is 1. The zero-order valence-corrected chi connectivity index (χ0v) is 10.6. The number of hydrogen-bond acceptors (Lipinski definition) is 2. The number of pyridine rings is 1. The number of nitrogens with one attached hydrogen (secondary N) is 1. The number of H-pyrrole nitrogens is 1. The summed E-state index contributed by atoms with van der Waals surface area (Å²) in [6, 6.07) is 7.09. The average Bonchev–Trinajstić information content (AvgIpc) is 2.25. The molecule has 1 aromatic carbocycles. The van der Waals surface area contributed by atoms with Crippen LogP contribution in [0.5, 0.6) is 0 Å². The molecule has 0 aliphatic carbocycles. The van der Waals surface area contributed by atoms with Crippen LogP contribution < -0.4 is 5.56 Å². The molecule has 0 spiro atoms. The second kappa shape index (κ2) is 3.98. The molecule has 0 bridgehead atoms. The van der Waals surface area contributed by atoms with E-state index in [-0.39, 0.29) is 11.0 Å². The van der Waals surface area contributed by atoms with Crippen molar-refractivity contribution in [3.05, 3.63) is 45.7 Å². The van der Waals surface area contributed by atoms with Gasteiger partial charge in [0.15, 0.2) is 0 Å². The first-order valence-electron chi connectivity index (χ1n) is 5.70. The molecule has 4 heteroatoms. The zero-order chi connectivity index (χ0) is 13.5. The topological polar surface area (TPSA) is 70.2 Å². The SMILES string of the molecule is CC(C)(C)c1ccc2[nH]c(=O)c(C(=O)O)cc2c1. The lowest BCUT2D eigenvalue weighted by atomic mass is 9.86. The molecule has 0 radical (unpaired) electrons. The van der Waals surface area contributed by atoms with Crippen molar-refractivity contribution in [2.45, 2.75) is 26.2 Å². The Morgan fingerprint density at radius 3 is 2.44 bits per heavy atom. The first kappa shape index (κ1) is 12.4. The Hall–Kier alpha value is -2.10. The quantitative estimate of drug-likeness (QED) is 0.811. The van der Waals surface area contributed by atoms with Gasteiger partial charge < -0.3 is 10.1 Å². The van der Waals surface area contributed by atoms with Crippen molar-refractivity contribution in [3.8, 4) is 0 Å². The average molecular weight is 245 g/mol. The second-order valence-corrected chi connectivity index (χ2v) is 5.37. The van der Waals surface area contributed by atoms with E-state index in [0.717, 1.165) is 10.9 Å². The van der Waals surface area contributed by atoms with Crippen LogP contribution >= 0.6 is 0 Å². The third kappa shape index (κ3) is 2.14. The van der Waals surface area contributed by atoms with Gasteiger partial charge in [0, 0.05) is 5.52 Å². The van der Waals surface area contributed by atoms with Gasteiger partial charge in [0.05, 0.1) is 0 Å². The number of carbonyl (C=O) groups is 1. The number of hydrogen-bond donors (Lipinski definition) is 2. The maximum atomic E-state index is 11.5. The zero-order valence-electron chi connectivity index (χ0n) is 10.6. The first-order chi connectivity index (χ1) is 8.29. The summed E-state index contributed by atoms with van der Waals surface area (Å²) in [5, 5.41) is 9.67. The van der Waals surface area contributed by atoms with Crippen molar-refractivity contribution < 1.29 is 9.90 Å². The highest BCUT2D eigenvalue weighted by Gasteiger charge is 2.15. The number of aromatic amines is 1. The molecule has 0 aliphatic heterocycles. The molecule has 2 rings (SSSR count). The fraction of sp³-hybridized carbons (Fsp3) is 0.286. The maximum absolute atomic E-state index is 11.5. The van der Waals surface area contributed by atoms with E-state index in [9.17, 15) is 9.59 Å².